The molecule has 5 nitrogen and oxygen atoms in total. The van der Waals surface area contributed by atoms with Gasteiger partial charge in [-0.3, -0.25) is 4.79 Å². The summed E-state index contributed by atoms with van der Waals surface area (Å²) in [7, 11) is 0. The molecule has 0 heterocycles. The molecule has 180 valence electrons. The van der Waals surface area contributed by atoms with Crippen molar-refractivity contribution in [3.8, 4) is 0 Å². The van der Waals surface area contributed by atoms with Crippen LogP contribution in [0.2, 0.25) is 0 Å². The first-order valence-electron chi connectivity index (χ1n) is 11.9. The molecule has 2 unspecified atom stereocenters. The highest BCUT2D eigenvalue weighted by atomic mass is 16.5. The van der Waals surface area contributed by atoms with Crippen molar-refractivity contribution in [3.05, 3.63) is 108 Å². The van der Waals surface area contributed by atoms with Gasteiger partial charge >= 0.3 is 0 Å². The number of amides is 1. The Morgan fingerprint density at radius 1 is 0.735 bits per heavy atom. The highest BCUT2D eigenvalue weighted by molar-refractivity contribution is 5.77. The van der Waals surface area contributed by atoms with Gasteiger partial charge < -0.3 is 19.1 Å². The number of benzene rings is 3. The van der Waals surface area contributed by atoms with Gasteiger partial charge in [-0.1, -0.05) is 91.0 Å². The second-order valence-electron chi connectivity index (χ2n) is 8.23. The molecular weight excluding hydrogens is 426 g/mol. The topological polar surface area (TPSA) is 48.0 Å². The maximum Gasteiger partial charge on any atom is 0.248 e. The normalized spacial score (nSPS) is 12.8. The predicted octanol–water partition coefficient (Wildman–Crippen LogP) is 5.24. The summed E-state index contributed by atoms with van der Waals surface area (Å²) in [4.78, 5) is 14.9. The number of carbonyl (C=O) groups is 1. The van der Waals surface area contributed by atoms with Crippen molar-refractivity contribution >= 4 is 5.91 Å². The average Bonchev–Trinajstić information content (AvgIpc) is 2.88. The molecule has 1 amide bonds. The molecule has 3 rings (SSSR count). The molecule has 0 N–H and O–H groups in total. The summed E-state index contributed by atoms with van der Waals surface area (Å²) in [6, 6.07) is 29.7. The van der Waals surface area contributed by atoms with Gasteiger partial charge in [-0.25, -0.2) is 0 Å². The minimum Gasteiger partial charge on any atom is -0.375 e. The lowest BCUT2D eigenvalue weighted by atomic mass is 10.1. The molecule has 0 bridgehead atoms. The summed E-state index contributed by atoms with van der Waals surface area (Å²) < 4.78 is 18.0. The third-order valence-corrected chi connectivity index (χ3v) is 5.70. The molecule has 0 aliphatic rings. The lowest BCUT2D eigenvalue weighted by Crippen LogP contribution is -2.50. The van der Waals surface area contributed by atoms with E-state index in [-0.39, 0.29) is 24.7 Å². The van der Waals surface area contributed by atoms with Crippen LogP contribution in [0.25, 0.3) is 0 Å². The minimum atomic E-state index is -0.231. The number of ether oxygens (including phenoxy) is 3. The second kappa shape index (κ2) is 14.3. The van der Waals surface area contributed by atoms with Gasteiger partial charge in [-0.05, 0) is 30.5 Å². The Morgan fingerprint density at radius 3 is 1.71 bits per heavy atom. The standard InChI is InChI=1S/C29H35NO4/c1-3-30(29(31)23-33-20-26-15-9-5-10-16-26)28(22-32-19-25-13-7-4-8-14-25)24(2)34-21-27-17-11-6-12-18-27/h4-18,24,28H,3,19-23H2,1-2H3. The number of nitrogens with zero attached hydrogens (tertiary/aromatic N) is 1. The summed E-state index contributed by atoms with van der Waals surface area (Å²) in [6.07, 6.45) is -0.214. The lowest BCUT2D eigenvalue weighted by Gasteiger charge is -2.35. The number of hydrogen-bond donors (Lipinski definition) is 0. The molecule has 3 aromatic rings. The van der Waals surface area contributed by atoms with E-state index in [9.17, 15) is 4.79 Å². The average molecular weight is 462 g/mol. The van der Waals surface area contributed by atoms with Crippen LogP contribution in [0.1, 0.15) is 30.5 Å². The van der Waals surface area contributed by atoms with E-state index in [4.69, 9.17) is 14.2 Å². The summed E-state index contributed by atoms with van der Waals surface area (Å²) in [6.45, 7) is 6.29. The van der Waals surface area contributed by atoms with Crippen LogP contribution in [0, 0.1) is 0 Å². The SMILES string of the molecule is CCN(C(=O)COCc1ccccc1)C(COCc1ccccc1)C(C)OCc1ccccc1. The van der Waals surface area contributed by atoms with Gasteiger partial charge in [0.15, 0.2) is 0 Å². The molecule has 34 heavy (non-hydrogen) atoms. The Hall–Kier alpha value is -2.99. The third kappa shape index (κ3) is 8.41. The molecule has 5 heteroatoms. The molecule has 2 atom stereocenters. The van der Waals surface area contributed by atoms with Crippen molar-refractivity contribution < 1.29 is 19.0 Å². The molecule has 0 saturated heterocycles. The van der Waals surface area contributed by atoms with Crippen LogP contribution < -0.4 is 0 Å². The number of likely N-dealkylation sites (N-methyl/N-ethyl adjacent to an activating group) is 1. The first-order chi connectivity index (χ1) is 16.7. The van der Waals surface area contributed by atoms with Crippen molar-refractivity contribution in [1.29, 1.82) is 0 Å². The van der Waals surface area contributed by atoms with E-state index in [2.05, 4.69) is 0 Å². The van der Waals surface area contributed by atoms with Crippen molar-refractivity contribution in [2.75, 3.05) is 19.8 Å². The van der Waals surface area contributed by atoms with Gasteiger partial charge in [0.05, 0.1) is 38.6 Å². The zero-order valence-corrected chi connectivity index (χ0v) is 20.1. The van der Waals surface area contributed by atoms with E-state index in [0.29, 0.717) is 33.0 Å². The monoisotopic (exact) mass is 461 g/mol. The van der Waals surface area contributed by atoms with Gasteiger partial charge in [-0.15, -0.1) is 0 Å². The molecule has 0 spiro atoms. The first kappa shape index (κ1) is 25.6. The van der Waals surface area contributed by atoms with Crippen molar-refractivity contribution in [1.82, 2.24) is 4.90 Å². The maximum absolute atomic E-state index is 13.1. The van der Waals surface area contributed by atoms with E-state index in [1.165, 1.54) is 0 Å². The molecule has 0 aromatic heterocycles. The van der Waals surface area contributed by atoms with E-state index in [1.54, 1.807) is 0 Å². The Labute approximate surface area is 203 Å². The van der Waals surface area contributed by atoms with Crippen LogP contribution in [0.3, 0.4) is 0 Å². The highest BCUT2D eigenvalue weighted by Crippen LogP contribution is 2.14. The summed E-state index contributed by atoms with van der Waals surface area (Å²) in [5.74, 6) is -0.0677. The second-order valence-corrected chi connectivity index (χ2v) is 8.23. The van der Waals surface area contributed by atoms with Crippen LogP contribution >= 0.6 is 0 Å². The Balaban J connectivity index is 1.61. The van der Waals surface area contributed by atoms with Gasteiger partial charge in [0, 0.05) is 6.54 Å². The van der Waals surface area contributed by atoms with E-state index in [1.807, 2.05) is 110 Å². The van der Waals surface area contributed by atoms with Crippen molar-refractivity contribution in [2.24, 2.45) is 0 Å². The van der Waals surface area contributed by atoms with E-state index in [0.717, 1.165) is 16.7 Å². The summed E-state index contributed by atoms with van der Waals surface area (Å²) in [5.41, 5.74) is 3.24. The zero-order chi connectivity index (χ0) is 24.0. The molecule has 0 saturated carbocycles. The predicted molar refractivity (Wildman–Crippen MR) is 134 cm³/mol. The van der Waals surface area contributed by atoms with Crippen LogP contribution in [-0.2, 0) is 38.8 Å². The lowest BCUT2D eigenvalue weighted by molar-refractivity contribution is -0.145. The molecule has 3 aromatic carbocycles. The van der Waals surface area contributed by atoms with Crippen LogP contribution in [0.5, 0.6) is 0 Å². The Bertz CT molecular complexity index is 950. The number of carbonyl (C=O) groups excluding carboxylic acids is 1. The fourth-order valence-corrected chi connectivity index (χ4v) is 3.77. The zero-order valence-electron chi connectivity index (χ0n) is 20.1. The Morgan fingerprint density at radius 2 is 1.21 bits per heavy atom. The number of hydrogen-bond acceptors (Lipinski definition) is 4. The molecular formula is C29H35NO4. The number of rotatable bonds is 14. The van der Waals surface area contributed by atoms with Crippen molar-refractivity contribution in [3.63, 3.8) is 0 Å². The molecule has 0 radical (unpaired) electrons. The first-order valence-corrected chi connectivity index (χ1v) is 11.9. The van der Waals surface area contributed by atoms with Crippen LogP contribution in [-0.4, -0.2) is 42.7 Å². The molecule has 0 fully saturated rings. The quantitative estimate of drug-likeness (QED) is 0.329. The fraction of sp³-hybridized carbons (Fsp3) is 0.345. The fourth-order valence-electron chi connectivity index (χ4n) is 3.77. The Kier molecular flexibility index (Phi) is 10.8. The largest absolute Gasteiger partial charge is 0.375 e. The van der Waals surface area contributed by atoms with Crippen LogP contribution in [0.4, 0.5) is 0 Å². The van der Waals surface area contributed by atoms with Gasteiger partial charge in [0.2, 0.25) is 5.91 Å². The van der Waals surface area contributed by atoms with E-state index >= 15 is 0 Å². The van der Waals surface area contributed by atoms with Crippen LogP contribution in [0.15, 0.2) is 91.0 Å². The minimum absolute atomic E-state index is 0.0172. The molecule has 0 aliphatic carbocycles. The van der Waals surface area contributed by atoms with Gasteiger partial charge in [-0.2, -0.15) is 0 Å². The van der Waals surface area contributed by atoms with Crippen molar-refractivity contribution in [2.45, 2.75) is 45.8 Å². The summed E-state index contributed by atoms with van der Waals surface area (Å²) in [5, 5.41) is 0. The smallest absolute Gasteiger partial charge is 0.248 e. The maximum atomic E-state index is 13.1. The molecule has 0 aliphatic heterocycles. The third-order valence-electron chi connectivity index (χ3n) is 5.70. The summed E-state index contributed by atoms with van der Waals surface area (Å²) >= 11 is 0. The van der Waals surface area contributed by atoms with E-state index < -0.39 is 0 Å². The van der Waals surface area contributed by atoms with Gasteiger partial charge in [0.1, 0.15) is 6.61 Å². The highest BCUT2D eigenvalue weighted by Gasteiger charge is 2.28. The van der Waals surface area contributed by atoms with Gasteiger partial charge in [0.25, 0.3) is 0 Å².